The molecule has 0 fully saturated rings. The van der Waals surface area contributed by atoms with Crippen molar-refractivity contribution in [3.63, 3.8) is 0 Å². The van der Waals surface area contributed by atoms with Crippen LogP contribution in [0.2, 0.25) is 0 Å². The molecule has 3 aromatic carbocycles. The molecule has 31 heavy (non-hydrogen) atoms. The number of benzene rings is 3. The molecule has 0 bridgehead atoms. The van der Waals surface area contributed by atoms with Crippen LogP contribution in [0.1, 0.15) is 0 Å². The van der Waals surface area contributed by atoms with Crippen molar-refractivity contribution in [2.45, 2.75) is 0 Å². The van der Waals surface area contributed by atoms with E-state index in [9.17, 15) is 23.3 Å². The Hall–Kier alpha value is -3.66. The summed E-state index contributed by atoms with van der Waals surface area (Å²) < 4.78 is 30.7. The van der Waals surface area contributed by atoms with E-state index in [-0.39, 0.29) is 24.5 Å². The van der Waals surface area contributed by atoms with Crippen LogP contribution in [0.4, 0.5) is 11.4 Å². The second-order valence-corrected chi connectivity index (χ2v) is 8.66. The Kier molecular flexibility index (Phi) is 6.71. The molecular formula is C21H21N3O6S. The van der Waals surface area contributed by atoms with Gasteiger partial charge in [0.2, 0.25) is 15.9 Å². The van der Waals surface area contributed by atoms with Crippen LogP contribution in [-0.2, 0) is 14.8 Å². The van der Waals surface area contributed by atoms with Crippen LogP contribution in [0, 0.1) is 10.1 Å². The van der Waals surface area contributed by atoms with Crippen molar-refractivity contribution in [1.29, 1.82) is 0 Å². The maximum absolute atomic E-state index is 12.3. The van der Waals surface area contributed by atoms with Crippen molar-refractivity contribution < 1.29 is 22.9 Å². The summed E-state index contributed by atoms with van der Waals surface area (Å²) in [5.74, 6) is 0.0985. The van der Waals surface area contributed by atoms with Crippen LogP contribution < -0.4 is 14.4 Å². The van der Waals surface area contributed by atoms with Gasteiger partial charge < -0.3 is 10.1 Å². The third-order valence-corrected chi connectivity index (χ3v) is 5.57. The Balaban J connectivity index is 1.57. The van der Waals surface area contributed by atoms with E-state index in [2.05, 4.69) is 5.32 Å². The van der Waals surface area contributed by atoms with Gasteiger partial charge >= 0.3 is 0 Å². The van der Waals surface area contributed by atoms with Gasteiger partial charge in [-0.25, -0.2) is 8.42 Å². The van der Waals surface area contributed by atoms with Crippen molar-refractivity contribution in [2.75, 3.05) is 30.3 Å². The van der Waals surface area contributed by atoms with Gasteiger partial charge in [0.15, 0.2) is 0 Å². The fourth-order valence-electron chi connectivity index (χ4n) is 2.96. The predicted octanol–water partition coefficient (Wildman–Crippen LogP) is 2.71. The number of sulfonamides is 1. The zero-order valence-electron chi connectivity index (χ0n) is 16.7. The van der Waals surface area contributed by atoms with Crippen LogP contribution in [0.3, 0.4) is 0 Å². The fraction of sp³-hybridized carbons (Fsp3) is 0.190. The van der Waals surface area contributed by atoms with Gasteiger partial charge in [-0.2, -0.15) is 0 Å². The molecule has 0 saturated carbocycles. The van der Waals surface area contributed by atoms with E-state index >= 15 is 0 Å². The number of anilines is 1. The number of hydrogen-bond acceptors (Lipinski definition) is 6. The number of nitro benzene ring substituents is 1. The molecule has 0 atom stereocenters. The van der Waals surface area contributed by atoms with Crippen molar-refractivity contribution in [3.05, 3.63) is 76.8 Å². The largest absolute Gasteiger partial charge is 0.492 e. The van der Waals surface area contributed by atoms with Crippen molar-refractivity contribution in [2.24, 2.45) is 0 Å². The summed E-state index contributed by atoms with van der Waals surface area (Å²) in [6, 6.07) is 18.6. The summed E-state index contributed by atoms with van der Waals surface area (Å²) >= 11 is 0. The standard InChI is InChI=1S/C21H21N3O6S/c1-31(28,29)23(18-7-4-8-19(14-18)24(26)27)15-21(25)22-11-12-30-20-10-9-16-5-2-3-6-17(16)13-20/h2-10,13-14H,11-12,15H2,1H3,(H,22,25). The molecule has 0 aliphatic rings. The highest BCUT2D eigenvalue weighted by Crippen LogP contribution is 2.23. The second-order valence-electron chi connectivity index (χ2n) is 6.75. The van der Waals surface area contributed by atoms with E-state index in [4.69, 9.17) is 4.74 Å². The minimum Gasteiger partial charge on any atom is -0.492 e. The molecule has 0 spiro atoms. The summed E-state index contributed by atoms with van der Waals surface area (Å²) in [7, 11) is -3.83. The van der Waals surface area contributed by atoms with E-state index in [0.29, 0.717) is 5.75 Å². The lowest BCUT2D eigenvalue weighted by molar-refractivity contribution is -0.384. The quantitative estimate of drug-likeness (QED) is 0.309. The van der Waals surface area contributed by atoms with Gasteiger partial charge in [-0.05, 0) is 29.0 Å². The maximum Gasteiger partial charge on any atom is 0.271 e. The Morgan fingerprint density at radius 3 is 2.52 bits per heavy atom. The van der Waals surface area contributed by atoms with Gasteiger partial charge in [-0.1, -0.05) is 36.4 Å². The Bertz CT molecular complexity index is 1210. The minimum absolute atomic E-state index is 0.0410. The van der Waals surface area contributed by atoms with E-state index in [1.807, 2.05) is 42.5 Å². The highest BCUT2D eigenvalue weighted by molar-refractivity contribution is 7.92. The molecule has 3 rings (SSSR count). The summed E-state index contributed by atoms with van der Waals surface area (Å²) in [4.78, 5) is 22.6. The molecule has 9 nitrogen and oxygen atoms in total. The monoisotopic (exact) mass is 443 g/mol. The average Bonchev–Trinajstić information content (AvgIpc) is 2.74. The van der Waals surface area contributed by atoms with E-state index in [1.165, 1.54) is 18.2 Å². The van der Waals surface area contributed by atoms with Gasteiger partial charge in [-0.3, -0.25) is 19.2 Å². The minimum atomic E-state index is -3.83. The van der Waals surface area contributed by atoms with Crippen LogP contribution in [0.15, 0.2) is 66.7 Å². The first-order chi connectivity index (χ1) is 14.7. The van der Waals surface area contributed by atoms with E-state index in [1.54, 1.807) is 0 Å². The SMILES string of the molecule is CS(=O)(=O)N(CC(=O)NCCOc1ccc2ccccc2c1)c1cccc([N+](=O)[O-])c1. The summed E-state index contributed by atoms with van der Waals surface area (Å²) in [5, 5.41) is 15.7. The third-order valence-electron chi connectivity index (χ3n) is 4.43. The average molecular weight is 443 g/mol. The lowest BCUT2D eigenvalue weighted by atomic mass is 10.1. The Morgan fingerprint density at radius 2 is 1.81 bits per heavy atom. The van der Waals surface area contributed by atoms with Gasteiger partial charge in [0.05, 0.1) is 23.4 Å². The smallest absolute Gasteiger partial charge is 0.271 e. The molecule has 0 aromatic heterocycles. The molecule has 0 saturated heterocycles. The molecule has 3 aromatic rings. The van der Waals surface area contributed by atoms with E-state index < -0.39 is 27.4 Å². The number of fused-ring (bicyclic) bond motifs is 1. The second kappa shape index (κ2) is 9.43. The van der Waals surface area contributed by atoms with Gasteiger partial charge in [-0.15, -0.1) is 0 Å². The normalized spacial score (nSPS) is 11.1. The number of nitrogens with zero attached hydrogens (tertiary/aromatic N) is 2. The molecular weight excluding hydrogens is 422 g/mol. The summed E-state index contributed by atoms with van der Waals surface area (Å²) in [6.45, 7) is -0.145. The van der Waals surface area contributed by atoms with Crippen LogP contribution in [0.25, 0.3) is 10.8 Å². The van der Waals surface area contributed by atoms with Crippen LogP contribution >= 0.6 is 0 Å². The first kappa shape index (κ1) is 22.0. The number of hydrogen-bond donors (Lipinski definition) is 1. The maximum atomic E-state index is 12.3. The van der Waals surface area contributed by atoms with Crippen molar-refractivity contribution >= 4 is 38.1 Å². The van der Waals surface area contributed by atoms with Gasteiger partial charge in [0.1, 0.15) is 18.9 Å². The van der Waals surface area contributed by atoms with Crippen molar-refractivity contribution in [3.8, 4) is 5.75 Å². The molecule has 162 valence electrons. The number of rotatable bonds is 9. The molecule has 0 aliphatic heterocycles. The lowest BCUT2D eigenvalue weighted by Gasteiger charge is -2.21. The topological polar surface area (TPSA) is 119 Å². The molecule has 1 amide bonds. The number of non-ortho nitro benzene ring substituents is 1. The Labute approximate surface area is 179 Å². The predicted molar refractivity (Wildman–Crippen MR) is 118 cm³/mol. The number of amides is 1. The molecule has 0 unspecified atom stereocenters. The van der Waals surface area contributed by atoms with Crippen LogP contribution in [0.5, 0.6) is 5.75 Å². The first-order valence-electron chi connectivity index (χ1n) is 9.34. The molecule has 10 heteroatoms. The zero-order valence-corrected chi connectivity index (χ0v) is 17.5. The molecule has 0 aliphatic carbocycles. The number of carbonyl (C=O) groups is 1. The number of nitrogens with one attached hydrogen (secondary N) is 1. The fourth-order valence-corrected chi connectivity index (χ4v) is 3.81. The number of nitro groups is 1. The van der Waals surface area contributed by atoms with Gasteiger partial charge in [0, 0.05) is 12.1 Å². The number of ether oxygens (including phenoxy) is 1. The summed E-state index contributed by atoms with van der Waals surface area (Å²) in [6.07, 6.45) is 0.932. The highest BCUT2D eigenvalue weighted by atomic mass is 32.2. The lowest BCUT2D eigenvalue weighted by Crippen LogP contribution is -2.41. The highest BCUT2D eigenvalue weighted by Gasteiger charge is 2.22. The van der Waals surface area contributed by atoms with Crippen molar-refractivity contribution in [1.82, 2.24) is 5.32 Å². The van der Waals surface area contributed by atoms with Gasteiger partial charge in [0.25, 0.3) is 5.69 Å². The Morgan fingerprint density at radius 1 is 1.06 bits per heavy atom. The summed E-state index contributed by atoms with van der Waals surface area (Å²) in [5.41, 5.74) is -0.227. The molecule has 0 heterocycles. The first-order valence-corrected chi connectivity index (χ1v) is 11.2. The van der Waals surface area contributed by atoms with E-state index in [0.717, 1.165) is 27.4 Å². The van der Waals surface area contributed by atoms with Crippen LogP contribution in [-0.4, -0.2) is 45.2 Å². The zero-order chi connectivity index (χ0) is 22.4. The third kappa shape index (κ3) is 5.92. The number of carbonyl (C=O) groups excluding carboxylic acids is 1. The molecule has 0 radical (unpaired) electrons. The molecule has 1 N–H and O–H groups in total.